The SMILES string of the molecule is Cc1ccc(NS(=O)(=O)c2cccc(C(=O)N(C)C(C)C3CC3)c2)cc1. The Hall–Kier alpha value is -2.34. The van der Waals surface area contributed by atoms with Crippen LogP contribution in [0.1, 0.15) is 35.7 Å². The summed E-state index contributed by atoms with van der Waals surface area (Å²) in [4.78, 5) is 14.5. The van der Waals surface area contributed by atoms with Crippen molar-refractivity contribution in [1.82, 2.24) is 4.90 Å². The Labute approximate surface area is 155 Å². The zero-order chi connectivity index (χ0) is 18.9. The molecule has 0 radical (unpaired) electrons. The first-order chi connectivity index (χ1) is 12.3. The predicted octanol–water partition coefficient (Wildman–Crippen LogP) is 3.67. The van der Waals surface area contributed by atoms with Crippen molar-refractivity contribution in [3.8, 4) is 0 Å². The minimum Gasteiger partial charge on any atom is -0.339 e. The highest BCUT2D eigenvalue weighted by atomic mass is 32.2. The number of hydrogen-bond acceptors (Lipinski definition) is 3. The van der Waals surface area contributed by atoms with Gasteiger partial charge >= 0.3 is 0 Å². The first kappa shape index (κ1) is 18.5. The highest BCUT2D eigenvalue weighted by molar-refractivity contribution is 7.92. The molecule has 2 aromatic rings. The third-order valence-corrected chi connectivity index (χ3v) is 6.31. The zero-order valence-electron chi connectivity index (χ0n) is 15.3. The van der Waals surface area contributed by atoms with E-state index in [-0.39, 0.29) is 16.8 Å². The van der Waals surface area contributed by atoms with E-state index in [9.17, 15) is 13.2 Å². The second-order valence-corrected chi connectivity index (χ2v) is 8.68. The lowest BCUT2D eigenvalue weighted by Crippen LogP contribution is -2.36. The molecule has 0 aliphatic heterocycles. The molecule has 1 aliphatic carbocycles. The third-order valence-electron chi connectivity index (χ3n) is 4.93. The van der Waals surface area contributed by atoms with Crippen LogP contribution in [-0.4, -0.2) is 32.3 Å². The molecule has 2 aromatic carbocycles. The number of nitrogens with zero attached hydrogens (tertiary/aromatic N) is 1. The molecular formula is C20H24N2O3S. The fraction of sp³-hybridized carbons (Fsp3) is 0.350. The van der Waals surface area contributed by atoms with Gasteiger partial charge in [-0.05, 0) is 62.9 Å². The maximum Gasteiger partial charge on any atom is 0.261 e. The van der Waals surface area contributed by atoms with Crippen LogP contribution in [0.15, 0.2) is 53.4 Å². The number of amides is 1. The van der Waals surface area contributed by atoms with E-state index < -0.39 is 10.0 Å². The number of benzene rings is 2. The van der Waals surface area contributed by atoms with Crippen molar-refractivity contribution in [1.29, 1.82) is 0 Å². The van der Waals surface area contributed by atoms with Gasteiger partial charge < -0.3 is 4.90 Å². The summed E-state index contributed by atoms with van der Waals surface area (Å²) in [5.41, 5.74) is 1.92. The number of hydrogen-bond donors (Lipinski definition) is 1. The molecule has 5 nitrogen and oxygen atoms in total. The van der Waals surface area contributed by atoms with Crippen LogP contribution < -0.4 is 4.72 Å². The fourth-order valence-corrected chi connectivity index (χ4v) is 4.02. The van der Waals surface area contributed by atoms with Gasteiger partial charge in [-0.1, -0.05) is 23.8 Å². The van der Waals surface area contributed by atoms with Crippen molar-refractivity contribution in [2.24, 2.45) is 5.92 Å². The van der Waals surface area contributed by atoms with E-state index in [0.29, 0.717) is 17.2 Å². The van der Waals surface area contributed by atoms with Crippen LogP contribution in [0.4, 0.5) is 5.69 Å². The molecule has 0 heterocycles. The molecular weight excluding hydrogens is 348 g/mol. The molecule has 0 aromatic heterocycles. The molecule has 1 saturated carbocycles. The first-order valence-electron chi connectivity index (χ1n) is 8.74. The number of carbonyl (C=O) groups is 1. The molecule has 138 valence electrons. The standard InChI is InChI=1S/C20H24N2O3S/c1-14-7-11-18(12-8-14)21-26(24,25)19-6-4-5-17(13-19)20(23)22(3)15(2)16-9-10-16/h4-8,11-13,15-16,21H,9-10H2,1-3H3. The molecule has 6 heteroatoms. The van der Waals surface area contributed by atoms with Gasteiger partial charge in [-0.2, -0.15) is 0 Å². The maximum atomic E-state index is 12.7. The lowest BCUT2D eigenvalue weighted by atomic mass is 10.1. The largest absolute Gasteiger partial charge is 0.339 e. The van der Waals surface area contributed by atoms with Crippen LogP contribution in [0, 0.1) is 12.8 Å². The Morgan fingerprint density at radius 2 is 1.81 bits per heavy atom. The van der Waals surface area contributed by atoms with Gasteiger partial charge in [-0.15, -0.1) is 0 Å². The van der Waals surface area contributed by atoms with Crippen LogP contribution in [0.25, 0.3) is 0 Å². The van der Waals surface area contributed by atoms with E-state index in [4.69, 9.17) is 0 Å². The number of nitrogens with one attached hydrogen (secondary N) is 1. The van der Waals surface area contributed by atoms with Crippen LogP contribution in [0.5, 0.6) is 0 Å². The van der Waals surface area contributed by atoms with Gasteiger partial charge in [0.25, 0.3) is 15.9 Å². The molecule has 1 atom stereocenters. The van der Waals surface area contributed by atoms with Crippen molar-refractivity contribution in [2.75, 3.05) is 11.8 Å². The zero-order valence-corrected chi connectivity index (χ0v) is 16.1. The molecule has 1 aliphatic rings. The summed E-state index contributed by atoms with van der Waals surface area (Å²) in [6, 6.07) is 13.5. The molecule has 0 bridgehead atoms. The predicted molar refractivity (Wildman–Crippen MR) is 103 cm³/mol. The Bertz CT molecular complexity index is 903. The van der Waals surface area contributed by atoms with Crippen molar-refractivity contribution in [3.63, 3.8) is 0 Å². The number of sulfonamides is 1. The van der Waals surface area contributed by atoms with Crippen LogP contribution in [0.2, 0.25) is 0 Å². The van der Waals surface area contributed by atoms with Crippen molar-refractivity contribution in [3.05, 3.63) is 59.7 Å². The molecule has 0 saturated heterocycles. The highest BCUT2D eigenvalue weighted by Gasteiger charge is 2.32. The Balaban J connectivity index is 1.81. The van der Waals surface area contributed by atoms with E-state index in [1.54, 1.807) is 36.2 Å². The summed E-state index contributed by atoms with van der Waals surface area (Å²) in [5, 5.41) is 0. The lowest BCUT2D eigenvalue weighted by Gasteiger charge is -2.25. The number of rotatable bonds is 6. The summed E-state index contributed by atoms with van der Waals surface area (Å²) in [7, 11) is -1.98. The summed E-state index contributed by atoms with van der Waals surface area (Å²) in [5.74, 6) is 0.399. The van der Waals surface area contributed by atoms with Crippen molar-refractivity contribution >= 4 is 21.6 Å². The van der Waals surface area contributed by atoms with Crippen LogP contribution in [0.3, 0.4) is 0 Å². The fourth-order valence-electron chi connectivity index (χ4n) is 2.92. The van der Waals surface area contributed by atoms with E-state index in [1.807, 2.05) is 26.0 Å². The number of carbonyl (C=O) groups excluding carboxylic acids is 1. The average Bonchev–Trinajstić information content (AvgIpc) is 3.47. The van der Waals surface area contributed by atoms with Gasteiger partial charge in [0.15, 0.2) is 0 Å². The third kappa shape index (κ3) is 4.07. The molecule has 1 unspecified atom stereocenters. The highest BCUT2D eigenvalue weighted by Crippen LogP contribution is 2.35. The quantitative estimate of drug-likeness (QED) is 0.841. The first-order valence-corrected chi connectivity index (χ1v) is 10.2. The molecule has 26 heavy (non-hydrogen) atoms. The average molecular weight is 372 g/mol. The van der Waals surface area contributed by atoms with E-state index in [2.05, 4.69) is 4.72 Å². The minimum atomic E-state index is -3.75. The normalized spacial score (nSPS) is 15.3. The second-order valence-electron chi connectivity index (χ2n) is 6.99. The smallest absolute Gasteiger partial charge is 0.261 e. The Morgan fingerprint density at radius 3 is 2.42 bits per heavy atom. The molecule has 3 rings (SSSR count). The summed E-state index contributed by atoms with van der Waals surface area (Å²) in [6.07, 6.45) is 2.29. The maximum absolute atomic E-state index is 12.7. The van der Waals surface area contributed by atoms with Gasteiger partial charge in [0, 0.05) is 24.3 Å². The van der Waals surface area contributed by atoms with Gasteiger partial charge in [0.05, 0.1) is 4.90 Å². The topological polar surface area (TPSA) is 66.5 Å². The van der Waals surface area contributed by atoms with E-state index >= 15 is 0 Å². The summed E-state index contributed by atoms with van der Waals surface area (Å²) >= 11 is 0. The monoisotopic (exact) mass is 372 g/mol. The van der Waals surface area contributed by atoms with Gasteiger partial charge in [0.1, 0.15) is 0 Å². The molecule has 1 amide bonds. The lowest BCUT2D eigenvalue weighted by molar-refractivity contribution is 0.0727. The van der Waals surface area contributed by atoms with Gasteiger partial charge in [-0.25, -0.2) is 8.42 Å². The summed E-state index contributed by atoms with van der Waals surface area (Å²) < 4.78 is 27.8. The van der Waals surface area contributed by atoms with Gasteiger partial charge in [0.2, 0.25) is 0 Å². The summed E-state index contributed by atoms with van der Waals surface area (Å²) in [6.45, 7) is 3.97. The van der Waals surface area contributed by atoms with Crippen molar-refractivity contribution < 1.29 is 13.2 Å². The van der Waals surface area contributed by atoms with Gasteiger partial charge in [-0.3, -0.25) is 9.52 Å². The van der Waals surface area contributed by atoms with E-state index in [0.717, 1.165) is 18.4 Å². The van der Waals surface area contributed by atoms with Crippen LogP contribution in [-0.2, 0) is 10.0 Å². The minimum absolute atomic E-state index is 0.0800. The molecule has 1 N–H and O–H groups in total. The number of anilines is 1. The Morgan fingerprint density at radius 1 is 1.15 bits per heavy atom. The second kappa shape index (κ2) is 7.11. The molecule has 0 spiro atoms. The van der Waals surface area contributed by atoms with E-state index in [1.165, 1.54) is 12.1 Å². The van der Waals surface area contributed by atoms with Crippen molar-refractivity contribution in [2.45, 2.75) is 37.6 Å². The Kier molecular flexibility index (Phi) is 5.05. The molecule has 1 fully saturated rings. The van der Waals surface area contributed by atoms with Crippen LogP contribution >= 0.6 is 0 Å². The number of aryl methyl sites for hydroxylation is 1.